The van der Waals surface area contributed by atoms with Crippen molar-refractivity contribution >= 4 is 11.6 Å². The molecule has 0 amide bonds. The van der Waals surface area contributed by atoms with Gasteiger partial charge in [0.15, 0.2) is 0 Å². The number of halogens is 1. The summed E-state index contributed by atoms with van der Waals surface area (Å²) >= 11 is 6.29. The van der Waals surface area contributed by atoms with Gasteiger partial charge in [0.2, 0.25) is 0 Å². The molecule has 3 aromatic rings. The van der Waals surface area contributed by atoms with Crippen LogP contribution in [-0.2, 0) is 0 Å². The van der Waals surface area contributed by atoms with E-state index in [-0.39, 0.29) is 0 Å². The van der Waals surface area contributed by atoms with Crippen LogP contribution in [0.5, 0.6) is 0 Å². The molecule has 1 unspecified atom stereocenters. The van der Waals surface area contributed by atoms with Gasteiger partial charge >= 0.3 is 0 Å². The summed E-state index contributed by atoms with van der Waals surface area (Å²) in [4.78, 5) is 0. The van der Waals surface area contributed by atoms with Crippen molar-refractivity contribution in [3.63, 3.8) is 0 Å². The molecule has 3 rings (SSSR count). The Hall–Kier alpha value is -2.10. The number of nitrogens with zero attached hydrogens (tertiary/aromatic N) is 2. The summed E-state index contributed by atoms with van der Waals surface area (Å²) in [5.41, 5.74) is 3.73. The molecule has 1 aromatic heterocycles. The Bertz CT molecular complexity index is 750. The van der Waals surface area contributed by atoms with Crippen LogP contribution in [0.25, 0.3) is 16.8 Å². The molecule has 0 radical (unpaired) electrons. The summed E-state index contributed by atoms with van der Waals surface area (Å²) in [6.07, 6.45) is 3.22. The highest BCUT2D eigenvalue weighted by Gasteiger charge is 2.09. The third kappa shape index (κ3) is 2.84. The highest BCUT2D eigenvalue weighted by Crippen LogP contribution is 2.26. The standard InChI is InChI=1S/C17H15ClN2O/c1-12(21)14-7-8-17(16(18)9-14)20-11-15(10-19-20)13-5-3-2-4-6-13/h2-12,21H,1H3. The highest BCUT2D eigenvalue weighted by atomic mass is 35.5. The summed E-state index contributed by atoms with van der Waals surface area (Å²) < 4.78 is 1.75. The van der Waals surface area contributed by atoms with Crippen molar-refractivity contribution in [2.75, 3.05) is 0 Å². The maximum Gasteiger partial charge on any atom is 0.0832 e. The van der Waals surface area contributed by atoms with Gasteiger partial charge in [-0.25, -0.2) is 4.68 Å². The smallest absolute Gasteiger partial charge is 0.0832 e. The maximum atomic E-state index is 9.58. The summed E-state index contributed by atoms with van der Waals surface area (Å²) in [6.45, 7) is 1.72. The molecule has 0 aliphatic rings. The van der Waals surface area contributed by atoms with E-state index in [1.165, 1.54) is 0 Å². The number of hydrogen-bond donors (Lipinski definition) is 1. The largest absolute Gasteiger partial charge is 0.389 e. The second kappa shape index (κ2) is 5.72. The van der Waals surface area contributed by atoms with Crippen LogP contribution in [-0.4, -0.2) is 14.9 Å². The zero-order valence-corrected chi connectivity index (χ0v) is 12.3. The van der Waals surface area contributed by atoms with E-state index in [9.17, 15) is 5.11 Å². The molecule has 0 saturated heterocycles. The van der Waals surface area contributed by atoms with Crippen molar-refractivity contribution in [3.05, 3.63) is 71.5 Å². The first-order valence-electron chi connectivity index (χ1n) is 6.73. The average molecular weight is 299 g/mol. The van der Waals surface area contributed by atoms with Gasteiger partial charge in [0.25, 0.3) is 0 Å². The maximum absolute atomic E-state index is 9.58. The number of aromatic nitrogens is 2. The minimum Gasteiger partial charge on any atom is -0.389 e. The van der Waals surface area contributed by atoms with Crippen LogP contribution < -0.4 is 0 Å². The molecule has 2 aromatic carbocycles. The molecule has 0 aliphatic carbocycles. The normalized spacial score (nSPS) is 12.3. The van der Waals surface area contributed by atoms with Gasteiger partial charge in [-0.3, -0.25) is 0 Å². The average Bonchev–Trinajstić information content (AvgIpc) is 2.97. The molecular weight excluding hydrogens is 284 g/mol. The van der Waals surface area contributed by atoms with E-state index in [0.717, 1.165) is 22.4 Å². The summed E-state index contributed by atoms with van der Waals surface area (Å²) in [6, 6.07) is 15.6. The molecule has 0 bridgehead atoms. The first-order valence-corrected chi connectivity index (χ1v) is 7.11. The fourth-order valence-corrected chi connectivity index (χ4v) is 2.48. The molecule has 1 heterocycles. The second-order valence-electron chi connectivity index (χ2n) is 4.93. The predicted molar refractivity (Wildman–Crippen MR) is 84.6 cm³/mol. The van der Waals surface area contributed by atoms with Crippen LogP contribution in [0.3, 0.4) is 0 Å². The van der Waals surface area contributed by atoms with Gasteiger partial charge in [0.05, 0.1) is 23.0 Å². The molecular formula is C17H15ClN2O. The quantitative estimate of drug-likeness (QED) is 0.785. The zero-order chi connectivity index (χ0) is 14.8. The summed E-state index contributed by atoms with van der Waals surface area (Å²) in [5, 5.41) is 14.5. The third-order valence-electron chi connectivity index (χ3n) is 3.39. The molecule has 3 nitrogen and oxygen atoms in total. The minimum absolute atomic E-state index is 0.533. The van der Waals surface area contributed by atoms with Crippen molar-refractivity contribution in [3.8, 4) is 16.8 Å². The van der Waals surface area contributed by atoms with Gasteiger partial charge < -0.3 is 5.11 Å². The number of hydrogen-bond acceptors (Lipinski definition) is 2. The van der Waals surface area contributed by atoms with E-state index >= 15 is 0 Å². The lowest BCUT2D eigenvalue weighted by atomic mass is 10.1. The Balaban J connectivity index is 1.97. The van der Waals surface area contributed by atoms with E-state index in [1.807, 2.05) is 54.9 Å². The van der Waals surface area contributed by atoms with E-state index in [0.29, 0.717) is 5.02 Å². The van der Waals surface area contributed by atoms with E-state index in [2.05, 4.69) is 5.10 Å². The summed E-state index contributed by atoms with van der Waals surface area (Å²) in [5.74, 6) is 0. The Labute approximate surface area is 128 Å². The van der Waals surface area contributed by atoms with Crippen LogP contribution >= 0.6 is 11.6 Å². The molecule has 21 heavy (non-hydrogen) atoms. The molecule has 4 heteroatoms. The van der Waals surface area contributed by atoms with E-state index < -0.39 is 6.10 Å². The fourth-order valence-electron chi connectivity index (χ4n) is 2.20. The molecule has 0 saturated carbocycles. The fraction of sp³-hybridized carbons (Fsp3) is 0.118. The number of aliphatic hydroxyl groups excluding tert-OH is 1. The Morgan fingerprint density at radius 2 is 1.86 bits per heavy atom. The van der Waals surface area contributed by atoms with Crippen LogP contribution in [0, 0.1) is 0 Å². The van der Waals surface area contributed by atoms with Crippen molar-refractivity contribution < 1.29 is 5.11 Å². The van der Waals surface area contributed by atoms with Crippen molar-refractivity contribution in [2.45, 2.75) is 13.0 Å². The Morgan fingerprint density at radius 1 is 1.10 bits per heavy atom. The predicted octanol–water partition coefficient (Wildman–Crippen LogP) is 4.25. The first kappa shape index (κ1) is 13.9. The molecule has 1 N–H and O–H groups in total. The topological polar surface area (TPSA) is 38.0 Å². The van der Waals surface area contributed by atoms with Crippen LogP contribution in [0.1, 0.15) is 18.6 Å². The van der Waals surface area contributed by atoms with Gasteiger partial charge in [-0.1, -0.05) is 48.0 Å². The van der Waals surface area contributed by atoms with Crippen molar-refractivity contribution in [1.82, 2.24) is 9.78 Å². The van der Waals surface area contributed by atoms with Gasteiger partial charge in [0.1, 0.15) is 0 Å². The van der Waals surface area contributed by atoms with Gasteiger partial charge in [-0.15, -0.1) is 0 Å². The van der Waals surface area contributed by atoms with Gasteiger partial charge in [0, 0.05) is 11.8 Å². The summed E-state index contributed by atoms with van der Waals surface area (Å²) in [7, 11) is 0. The van der Waals surface area contributed by atoms with Crippen LogP contribution in [0.2, 0.25) is 5.02 Å². The minimum atomic E-state index is -0.533. The molecule has 106 valence electrons. The first-order chi connectivity index (χ1) is 10.1. The highest BCUT2D eigenvalue weighted by molar-refractivity contribution is 6.32. The van der Waals surface area contributed by atoms with E-state index in [1.54, 1.807) is 17.7 Å². The number of rotatable bonds is 3. The number of aliphatic hydroxyl groups is 1. The van der Waals surface area contributed by atoms with E-state index in [4.69, 9.17) is 11.6 Å². The van der Waals surface area contributed by atoms with Crippen LogP contribution in [0.4, 0.5) is 0 Å². The zero-order valence-electron chi connectivity index (χ0n) is 11.6. The SMILES string of the molecule is CC(O)c1ccc(-n2cc(-c3ccccc3)cn2)c(Cl)c1. The number of benzene rings is 2. The monoisotopic (exact) mass is 298 g/mol. The lowest BCUT2D eigenvalue weighted by Gasteiger charge is -2.09. The third-order valence-corrected chi connectivity index (χ3v) is 3.69. The van der Waals surface area contributed by atoms with Gasteiger partial charge in [-0.05, 0) is 30.2 Å². The molecule has 0 fully saturated rings. The van der Waals surface area contributed by atoms with Crippen molar-refractivity contribution in [1.29, 1.82) is 0 Å². The lowest BCUT2D eigenvalue weighted by Crippen LogP contribution is -1.97. The van der Waals surface area contributed by atoms with Crippen LogP contribution in [0.15, 0.2) is 60.9 Å². The Kier molecular flexibility index (Phi) is 3.78. The lowest BCUT2D eigenvalue weighted by molar-refractivity contribution is 0.199. The van der Waals surface area contributed by atoms with Crippen molar-refractivity contribution in [2.24, 2.45) is 0 Å². The van der Waals surface area contributed by atoms with Gasteiger partial charge in [-0.2, -0.15) is 5.10 Å². The molecule has 1 atom stereocenters. The molecule has 0 aliphatic heterocycles. The molecule has 0 spiro atoms. The Morgan fingerprint density at radius 3 is 2.52 bits per heavy atom. The second-order valence-corrected chi connectivity index (χ2v) is 5.33.